The van der Waals surface area contributed by atoms with Crippen molar-refractivity contribution in [2.75, 3.05) is 20.3 Å². The van der Waals surface area contributed by atoms with Crippen molar-refractivity contribution in [3.63, 3.8) is 0 Å². The van der Waals surface area contributed by atoms with Crippen LogP contribution in [0.15, 0.2) is 0 Å². The zero-order valence-electron chi connectivity index (χ0n) is 10.1. The molecule has 4 nitrogen and oxygen atoms in total. The number of rotatable bonds is 6. The molecule has 0 saturated carbocycles. The van der Waals surface area contributed by atoms with Crippen molar-refractivity contribution < 1.29 is 4.74 Å². The van der Waals surface area contributed by atoms with Gasteiger partial charge < -0.3 is 10.1 Å². The molecule has 4 heteroatoms. The number of aromatic nitrogens is 2. The molecule has 0 aliphatic heterocycles. The van der Waals surface area contributed by atoms with Crippen LogP contribution in [0.25, 0.3) is 0 Å². The van der Waals surface area contributed by atoms with Gasteiger partial charge in [-0.15, -0.1) is 0 Å². The van der Waals surface area contributed by atoms with E-state index in [0.29, 0.717) is 6.61 Å². The maximum Gasteiger partial charge on any atom is 0.0658 e. The maximum atomic E-state index is 5.05. The van der Waals surface area contributed by atoms with E-state index in [-0.39, 0.29) is 0 Å². The molecule has 0 radical (unpaired) electrons. The molecule has 1 heterocycles. The highest BCUT2D eigenvalue weighted by molar-refractivity contribution is 5.24. The molecular formula is C11H21N3O. The van der Waals surface area contributed by atoms with Gasteiger partial charge in [0, 0.05) is 24.9 Å². The van der Waals surface area contributed by atoms with Gasteiger partial charge in [0.15, 0.2) is 0 Å². The van der Waals surface area contributed by atoms with Gasteiger partial charge in [0.05, 0.1) is 18.8 Å². The van der Waals surface area contributed by atoms with E-state index in [9.17, 15) is 0 Å². The zero-order valence-corrected chi connectivity index (χ0v) is 10.1. The highest BCUT2D eigenvalue weighted by Crippen LogP contribution is 2.12. The van der Waals surface area contributed by atoms with E-state index in [1.54, 1.807) is 7.11 Å². The summed E-state index contributed by atoms with van der Waals surface area (Å²) in [4.78, 5) is 0. The minimum Gasteiger partial charge on any atom is -0.383 e. The Hall–Kier alpha value is -0.870. The fraction of sp³-hybridized carbons (Fsp3) is 0.727. The molecule has 1 N–H and O–H groups in total. The largest absolute Gasteiger partial charge is 0.383 e. The third-order valence-corrected chi connectivity index (χ3v) is 2.59. The Morgan fingerprint density at radius 2 is 2.13 bits per heavy atom. The number of nitrogens with one attached hydrogen (secondary N) is 1. The third-order valence-electron chi connectivity index (χ3n) is 2.59. The lowest BCUT2D eigenvalue weighted by Crippen LogP contribution is -2.13. The average molecular weight is 211 g/mol. The van der Waals surface area contributed by atoms with Gasteiger partial charge in [0.25, 0.3) is 0 Å². The highest BCUT2D eigenvalue weighted by Gasteiger charge is 2.09. The molecule has 0 atom stereocenters. The second-order valence-corrected chi connectivity index (χ2v) is 3.65. The molecule has 0 aliphatic rings. The lowest BCUT2D eigenvalue weighted by molar-refractivity contribution is 0.182. The summed E-state index contributed by atoms with van der Waals surface area (Å²) in [5.74, 6) is 0. The number of hydrogen-bond acceptors (Lipinski definition) is 3. The van der Waals surface area contributed by atoms with Gasteiger partial charge in [0.1, 0.15) is 0 Å². The Kier molecular flexibility index (Phi) is 4.78. The summed E-state index contributed by atoms with van der Waals surface area (Å²) in [6, 6.07) is 0. The summed E-state index contributed by atoms with van der Waals surface area (Å²) in [5, 5.41) is 7.83. The summed E-state index contributed by atoms with van der Waals surface area (Å²) < 4.78 is 7.07. The fourth-order valence-corrected chi connectivity index (χ4v) is 1.64. The number of aryl methyl sites for hydroxylation is 1. The van der Waals surface area contributed by atoms with Crippen molar-refractivity contribution in [1.82, 2.24) is 15.1 Å². The molecule has 0 amide bonds. The lowest BCUT2D eigenvalue weighted by atomic mass is 10.2. The van der Waals surface area contributed by atoms with Gasteiger partial charge in [-0.05, 0) is 20.4 Å². The third kappa shape index (κ3) is 3.04. The second-order valence-electron chi connectivity index (χ2n) is 3.65. The fourth-order valence-electron chi connectivity index (χ4n) is 1.64. The Bertz CT molecular complexity index is 307. The molecule has 0 saturated heterocycles. The molecular weight excluding hydrogens is 190 g/mol. The van der Waals surface area contributed by atoms with Gasteiger partial charge in [-0.3, -0.25) is 4.68 Å². The highest BCUT2D eigenvalue weighted by atomic mass is 16.5. The van der Waals surface area contributed by atoms with Gasteiger partial charge in [-0.1, -0.05) is 6.92 Å². The number of methoxy groups -OCH3 is 1. The Balaban J connectivity index is 2.74. The van der Waals surface area contributed by atoms with Crippen molar-refractivity contribution in [2.24, 2.45) is 0 Å². The molecule has 1 aromatic heterocycles. The molecule has 0 unspecified atom stereocenters. The monoisotopic (exact) mass is 211 g/mol. The molecule has 15 heavy (non-hydrogen) atoms. The summed E-state index contributed by atoms with van der Waals surface area (Å²) in [7, 11) is 1.71. The Morgan fingerprint density at radius 1 is 1.40 bits per heavy atom. The first-order valence-corrected chi connectivity index (χ1v) is 5.43. The van der Waals surface area contributed by atoms with Crippen LogP contribution in [0.2, 0.25) is 0 Å². The predicted octanol–water partition coefficient (Wildman–Crippen LogP) is 1.26. The molecule has 0 aromatic carbocycles. The average Bonchev–Trinajstić information content (AvgIpc) is 2.49. The van der Waals surface area contributed by atoms with Crippen LogP contribution in [0.5, 0.6) is 0 Å². The predicted molar refractivity (Wildman–Crippen MR) is 61.0 cm³/mol. The van der Waals surface area contributed by atoms with Crippen LogP contribution >= 0.6 is 0 Å². The summed E-state index contributed by atoms with van der Waals surface area (Å²) >= 11 is 0. The van der Waals surface area contributed by atoms with Crippen LogP contribution in [0.3, 0.4) is 0 Å². The standard InChI is InChI=1S/C11H21N3O/c1-5-12-8-11-9(2)13-14(10(11)3)6-7-15-4/h12H,5-8H2,1-4H3. The zero-order chi connectivity index (χ0) is 11.3. The Labute approximate surface area is 91.6 Å². The summed E-state index contributed by atoms with van der Waals surface area (Å²) in [6.07, 6.45) is 0. The van der Waals surface area contributed by atoms with Crippen molar-refractivity contribution in [3.05, 3.63) is 17.0 Å². The number of nitrogens with zero attached hydrogens (tertiary/aromatic N) is 2. The van der Waals surface area contributed by atoms with E-state index in [1.807, 2.05) is 4.68 Å². The SMILES string of the molecule is CCNCc1c(C)nn(CCOC)c1C. The van der Waals surface area contributed by atoms with E-state index in [1.165, 1.54) is 11.3 Å². The molecule has 1 aromatic rings. The summed E-state index contributed by atoms with van der Waals surface area (Å²) in [5.41, 5.74) is 3.67. The second kappa shape index (κ2) is 5.88. The lowest BCUT2D eigenvalue weighted by Gasteiger charge is -2.05. The minimum atomic E-state index is 0.711. The molecule has 0 fully saturated rings. The topological polar surface area (TPSA) is 39.1 Å². The van der Waals surface area contributed by atoms with E-state index >= 15 is 0 Å². The van der Waals surface area contributed by atoms with Crippen molar-refractivity contribution >= 4 is 0 Å². The maximum absolute atomic E-state index is 5.05. The van der Waals surface area contributed by atoms with Gasteiger partial charge in [-0.2, -0.15) is 5.10 Å². The van der Waals surface area contributed by atoms with E-state index < -0.39 is 0 Å². The van der Waals surface area contributed by atoms with Crippen LogP contribution in [0.1, 0.15) is 23.9 Å². The van der Waals surface area contributed by atoms with Crippen LogP contribution in [-0.4, -0.2) is 30.0 Å². The van der Waals surface area contributed by atoms with Crippen molar-refractivity contribution in [2.45, 2.75) is 33.9 Å². The smallest absolute Gasteiger partial charge is 0.0658 e. The van der Waals surface area contributed by atoms with E-state index in [2.05, 4.69) is 31.2 Å². The summed E-state index contributed by atoms with van der Waals surface area (Å²) in [6.45, 7) is 9.71. The molecule has 0 spiro atoms. The van der Waals surface area contributed by atoms with Crippen LogP contribution in [-0.2, 0) is 17.8 Å². The molecule has 86 valence electrons. The van der Waals surface area contributed by atoms with Gasteiger partial charge in [0.2, 0.25) is 0 Å². The van der Waals surface area contributed by atoms with Crippen molar-refractivity contribution in [3.8, 4) is 0 Å². The van der Waals surface area contributed by atoms with Crippen LogP contribution < -0.4 is 5.32 Å². The first-order valence-electron chi connectivity index (χ1n) is 5.43. The normalized spacial score (nSPS) is 10.9. The van der Waals surface area contributed by atoms with Gasteiger partial charge in [-0.25, -0.2) is 0 Å². The van der Waals surface area contributed by atoms with Crippen LogP contribution in [0.4, 0.5) is 0 Å². The first kappa shape index (κ1) is 12.2. The van der Waals surface area contributed by atoms with Crippen LogP contribution in [0, 0.1) is 13.8 Å². The number of ether oxygens (including phenoxy) is 1. The number of hydrogen-bond donors (Lipinski definition) is 1. The van der Waals surface area contributed by atoms with E-state index in [0.717, 1.165) is 25.3 Å². The Morgan fingerprint density at radius 3 is 2.73 bits per heavy atom. The van der Waals surface area contributed by atoms with Gasteiger partial charge >= 0.3 is 0 Å². The minimum absolute atomic E-state index is 0.711. The first-order chi connectivity index (χ1) is 7.20. The molecule has 0 aliphatic carbocycles. The van der Waals surface area contributed by atoms with E-state index in [4.69, 9.17) is 4.74 Å². The quantitative estimate of drug-likeness (QED) is 0.770. The molecule has 0 bridgehead atoms. The van der Waals surface area contributed by atoms with Crippen molar-refractivity contribution in [1.29, 1.82) is 0 Å². The molecule has 1 rings (SSSR count).